The van der Waals surface area contributed by atoms with E-state index in [0.29, 0.717) is 31.1 Å². The summed E-state index contributed by atoms with van der Waals surface area (Å²) >= 11 is 0. The number of pyridine rings is 1. The lowest BCUT2D eigenvalue weighted by Crippen LogP contribution is -2.35. The monoisotopic (exact) mass is 376 g/mol. The van der Waals surface area contributed by atoms with Gasteiger partial charge in [-0.1, -0.05) is 42.4 Å². The van der Waals surface area contributed by atoms with Crippen LogP contribution in [0.25, 0.3) is 11.4 Å². The Morgan fingerprint density at radius 2 is 2.04 bits per heavy atom. The van der Waals surface area contributed by atoms with Crippen molar-refractivity contribution >= 4 is 5.91 Å². The van der Waals surface area contributed by atoms with Gasteiger partial charge in [0.15, 0.2) is 0 Å². The van der Waals surface area contributed by atoms with Crippen LogP contribution >= 0.6 is 0 Å². The van der Waals surface area contributed by atoms with Crippen molar-refractivity contribution in [3.05, 3.63) is 64.8 Å². The lowest BCUT2D eigenvalue weighted by Gasteiger charge is -2.29. The lowest BCUT2D eigenvalue weighted by molar-refractivity contribution is -0.131. The fourth-order valence-corrected chi connectivity index (χ4v) is 3.74. The molecule has 1 aliphatic heterocycles. The van der Waals surface area contributed by atoms with E-state index in [-0.39, 0.29) is 5.91 Å². The summed E-state index contributed by atoms with van der Waals surface area (Å²) in [5.41, 5.74) is 5.35. The van der Waals surface area contributed by atoms with E-state index >= 15 is 0 Å². The number of hydrogen-bond donors (Lipinski definition) is 0. The molecule has 4 rings (SSSR count). The predicted molar refractivity (Wildman–Crippen MR) is 106 cm³/mol. The number of fused-ring (bicyclic) bond motifs is 1. The standard InChI is InChI=1S/C22H24N4O2/c1-3-20(27)26-12-11-18-17(14-26)13-23-15(2)21(18)22-24-19(28-25-22)10-9-16-7-5-4-6-8-16/h4-8,13H,3,9-12,14H2,1-2H3. The zero-order valence-corrected chi connectivity index (χ0v) is 16.3. The molecule has 1 amide bonds. The second-order valence-electron chi connectivity index (χ2n) is 7.14. The second kappa shape index (κ2) is 7.92. The maximum absolute atomic E-state index is 12.1. The lowest BCUT2D eigenvalue weighted by atomic mass is 9.94. The minimum absolute atomic E-state index is 0.176. The van der Waals surface area contributed by atoms with Gasteiger partial charge >= 0.3 is 0 Å². The summed E-state index contributed by atoms with van der Waals surface area (Å²) < 4.78 is 5.51. The fourth-order valence-electron chi connectivity index (χ4n) is 3.74. The molecule has 0 aliphatic carbocycles. The van der Waals surface area contributed by atoms with Crippen molar-refractivity contribution in [3.63, 3.8) is 0 Å². The van der Waals surface area contributed by atoms with Gasteiger partial charge < -0.3 is 9.42 Å². The van der Waals surface area contributed by atoms with E-state index in [9.17, 15) is 4.79 Å². The molecule has 1 aromatic carbocycles. The molecule has 0 saturated carbocycles. The molecule has 0 N–H and O–H groups in total. The minimum Gasteiger partial charge on any atom is -0.339 e. The summed E-state index contributed by atoms with van der Waals surface area (Å²) in [7, 11) is 0. The van der Waals surface area contributed by atoms with E-state index < -0.39 is 0 Å². The van der Waals surface area contributed by atoms with Crippen LogP contribution in [0.2, 0.25) is 0 Å². The first-order valence-electron chi connectivity index (χ1n) is 9.77. The maximum atomic E-state index is 12.1. The number of hydrogen-bond acceptors (Lipinski definition) is 5. The van der Waals surface area contributed by atoms with E-state index in [2.05, 4.69) is 27.3 Å². The van der Waals surface area contributed by atoms with Crippen molar-refractivity contribution in [2.24, 2.45) is 0 Å². The Morgan fingerprint density at radius 3 is 2.82 bits per heavy atom. The summed E-state index contributed by atoms with van der Waals surface area (Å²) in [6, 6.07) is 10.3. The average Bonchev–Trinajstić information content (AvgIpc) is 3.20. The first kappa shape index (κ1) is 18.3. The molecule has 0 spiro atoms. The van der Waals surface area contributed by atoms with Crippen LogP contribution in [0.3, 0.4) is 0 Å². The Balaban J connectivity index is 1.57. The highest BCUT2D eigenvalue weighted by molar-refractivity contribution is 5.76. The summed E-state index contributed by atoms with van der Waals surface area (Å²) in [5, 5.41) is 4.23. The molecule has 2 aromatic heterocycles. The van der Waals surface area contributed by atoms with Gasteiger partial charge in [0, 0.05) is 43.4 Å². The first-order valence-corrected chi connectivity index (χ1v) is 9.77. The largest absolute Gasteiger partial charge is 0.339 e. The van der Waals surface area contributed by atoms with Crippen LogP contribution < -0.4 is 0 Å². The number of carbonyl (C=O) groups is 1. The maximum Gasteiger partial charge on any atom is 0.227 e. The van der Waals surface area contributed by atoms with E-state index in [1.807, 2.05) is 43.1 Å². The highest BCUT2D eigenvalue weighted by Crippen LogP contribution is 2.30. The van der Waals surface area contributed by atoms with Gasteiger partial charge in [-0.2, -0.15) is 4.98 Å². The first-order chi connectivity index (χ1) is 13.7. The Kier molecular flexibility index (Phi) is 5.19. The minimum atomic E-state index is 0.176. The van der Waals surface area contributed by atoms with Gasteiger partial charge in [0.2, 0.25) is 17.6 Å². The number of rotatable bonds is 5. The quantitative estimate of drug-likeness (QED) is 0.681. The van der Waals surface area contributed by atoms with E-state index in [1.165, 1.54) is 11.1 Å². The molecule has 0 fully saturated rings. The third-order valence-corrected chi connectivity index (χ3v) is 5.28. The topological polar surface area (TPSA) is 72.1 Å². The van der Waals surface area contributed by atoms with Crippen LogP contribution in [-0.2, 0) is 30.6 Å². The van der Waals surface area contributed by atoms with Crippen molar-refractivity contribution in [2.75, 3.05) is 6.54 Å². The molecule has 0 bridgehead atoms. The van der Waals surface area contributed by atoms with Gasteiger partial charge in [0.25, 0.3) is 0 Å². The number of nitrogens with zero attached hydrogens (tertiary/aromatic N) is 4. The molecule has 0 atom stereocenters. The van der Waals surface area contributed by atoms with Crippen LogP contribution in [-0.4, -0.2) is 32.5 Å². The molecule has 6 nitrogen and oxygen atoms in total. The summed E-state index contributed by atoms with van der Waals surface area (Å²) in [6.45, 7) is 5.18. The Hall–Kier alpha value is -3.02. The number of aromatic nitrogens is 3. The Morgan fingerprint density at radius 1 is 1.21 bits per heavy atom. The molecule has 6 heteroatoms. The van der Waals surface area contributed by atoms with Gasteiger partial charge in [0.1, 0.15) is 0 Å². The third-order valence-electron chi connectivity index (χ3n) is 5.28. The van der Waals surface area contributed by atoms with Crippen molar-refractivity contribution in [3.8, 4) is 11.4 Å². The molecule has 3 aromatic rings. The van der Waals surface area contributed by atoms with Crippen LogP contribution in [0.4, 0.5) is 0 Å². The van der Waals surface area contributed by atoms with Gasteiger partial charge in [0.05, 0.1) is 0 Å². The zero-order valence-electron chi connectivity index (χ0n) is 16.3. The molecular formula is C22H24N4O2. The number of aryl methyl sites for hydroxylation is 3. The fraction of sp³-hybridized carbons (Fsp3) is 0.364. The van der Waals surface area contributed by atoms with Gasteiger partial charge in [-0.15, -0.1) is 0 Å². The highest BCUT2D eigenvalue weighted by Gasteiger charge is 2.25. The molecule has 3 heterocycles. The predicted octanol–water partition coefficient (Wildman–Crippen LogP) is 3.52. The number of carbonyl (C=O) groups excluding carboxylic acids is 1. The van der Waals surface area contributed by atoms with Crippen molar-refractivity contribution in [2.45, 2.75) is 46.1 Å². The SMILES string of the molecule is CCC(=O)N1CCc2c(cnc(C)c2-c2noc(CCc3ccccc3)n2)C1. The van der Waals surface area contributed by atoms with Crippen LogP contribution in [0, 0.1) is 6.92 Å². The van der Waals surface area contributed by atoms with Crippen molar-refractivity contribution in [1.82, 2.24) is 20.0 Å². The average molecular weight is 376 g/mol. The molecule has 1 aliphatic rings. The van der Waals surface area contributed by atoms with Crippen LogP contribution in [0.15, 0.2) is 41.1 Å². The van der Waals surface area contributed by atoms with Crippen LogP contribution in [0.1, 0.15) is 41.6 Å². The second-order valence-corrected chi connectivity index (χ2v) is 7.14. The molecule has 144 valence electrons. The normalized spacial score (nSPS) is 13.4. The van der Waals surface area contributed by atoms with Crippen molar-refractivity contribution < 1.29 is 9.32 Å². The van der Waals surface area contributed by atoms with Gasteiger partial charge in [-0.3, -0.25) is 9.78 Å². The molecule has 28 heavy (non-hydrogen) atoms. The highest BCUT2D eigenvalue weighted by atomic mass is 16.5. The molecule has 0 radical (unpaired) electrons. The van der Waals surface area contributed by atoms with E-state index in [1.54, 1.807) is 0 Å². The summed E-state index contributed by atoms with van der Waals surface area (Å²) in [4.78, 5) is 23.1. The van der Waals surface area contributed by atoms with Gasteiger partial charge in [-0.25, -0.2) is 0 Å². The number of benzene rings is 1. The zero-order chi connectivity index (χ0) is 19.5. The summed E-state index contributed by atoms with van der Waals surface area (Å²) in [6.07, 6.45) is 4.75. The Labute approximate surface area is 164 Å². The molecular weight excluding hydrogens is 352 g/mol. The molecule has 0 unspecified atom stereocenters. The smallest absolute Gasteiger partial charge is 0.227 e. The van der Waals surface area contributed by atoms with Gasteiger partial charge in [-0.05, 0) is 36.5 Å². The Bertz CT molecular complexity index is 981. The van der Waals surface area contributed by atoms with E-state index in [4.69, 9.17) is 4.52 Å². The van der Waals surface area contributed by atoms with E-state index in [0.717, 1.165) is 36.2 Å². The molecule has 0 saturated heterocycles. The van der Waals surface area contributed by atoms with Crippen LogP contribution in [0.5, 0.6) is 0 Å². The van der Waals surface area contributed by atoms with Crippen molar-refractivity contribution in [1.29, 1.82) is 0 Å². The number of amides is 1. The third kappa shape index (κ3) is 3.67. The summed E-state index contributed by atoms with van der Waals surface area (Å²) in [5.74, 6) is 1.41.